The highest BCUT2D eigenvalue weighted by Gasteiger charge is 2.30. The van der Waals surface area contributed by atoms with Crippen LogP contribution in [0.5, 0.6) is 5.75 Å². The predicted molar refractivity (Wildman–Crippen MR) is 89.0 cm³/mol. The van der Waals surface area contributed by atoms with Gasteiger partial charge in [-0.15, -0.1) is 0 Å². The Labute approximate surface area is 134 Å². The van der Waals surface area contributed by atoms with Gasteiger partial charge in [0.25, 0.3) is 5.91 Å². The Morgan fingerprint density at radius 3 is 2.78 bits per heavy atom. The normalized spacial score (nSPS) is 17.0. The second-order valence-corrected chi connectivity index (χ2v) is 5.53. The first-order chi connectivity index (χ1) is 11.1. The van der Waals surface area contributed by atoms with Crippen LogP contribution in [-0.2, 0) is 4.79 Å². The summed E-state index contributed by atoms with van der Waals surface area (Å²) in [6.07, 6.45) is 0.254. The summed E-state index contributed by atoms with van der Waals surface area (Å²) >= 11 is 0. The van der Waals surface area contributed by atoms with E-state index in [1.54, 1.807) is 42.3 Å². The summed E-state index contributed by atoms with van der Waals surface area (Å²) in [5.74, 6) is 0.382. The van der Waals surface area contributed by atoms with Crippen molar-refractivity contribution in [2.75, 3.05) is 17.3 Å². The molecule has 2 aromatic carbocycles. The van der Waals surface area contributed by atoms with Gasteiger partial charge in [0.1, 0.15) is 5.75 Å². The van der Waals surface area contributed by atoms with Crippen LogP contribution in [0, 0.1) is 0 Å². The molecule has 2 amide bonds. The summed E-state index contributed by atoms with van der Waals surface area (Å²) in [6, 6.07) is 14.1. The molecule has 1 aliphatic heterocycles. The number of ether oxygens (including phenoxy) is 1. The van der Waals surface area contributed by atoms with Crippen LogP contribution in [0.1, 0.15) is 23.7 Å². The number of carbonyl (C=O) groups excluding carboxylic acids is 2. The van der Waals surface area contributed by atoms with E-state index in [4.69, 9.17) is 4.74 Å². The molecule has 1 aliphatic rings. The molecule has 1 heterocycles. The lowest BCUT2D eigenvalue weighted by atomic mass is 10.1. The lowest BCUT2D eigenvalue weighted by Gasteiger charge is -2.28. The number of hydrogen-bond acceptors (Lipinski definition) is 3. The zero-order valence-electron chi connectivity index (χ0n) is 13.1. The number of nitrogens with one attached hydrogen (secondary N) is 1. The molecular weight excluding hydrogens is 292 g/mol. The molecule has 1 N–H and O–H groups in total. The van der Waals surface area contributed by atoms with Gasteiger partial charge in [-0.25, -0.2) is 0 Å². The van der Waals surface area contributed by atoms with Crippen molar-refractivity contribution >= 4 is 23.2 Å². The van der Waals surface area contributed by atoms with Crippen LogP contribution in [0.3, 0.4) is 0 Å². The van der Waals surface area contributed by atoms with E-state index in [0.717, 1.165) is 0 Å². The third-order valence-corrected chi connectivity index (χ3v) is 3.89. The third kappa shape index (κ3) is 2.90. The average molecular weight is 310 g/mol. The monoisotopic (exact) mass is 310 g/mol. The first-order valence-corrected chi connectivity index (χ1v) is 7.46. The van der Waals surface area contributed by atoms with Gasteiger partial charge in [-0.2, -0.15) is 0 Å². The average Bonchev–Trinajstić information content (AvgIpc) is 2.68. The molecule has 0 radical (unpaired) electrons. The molecule has 0 unspecified atom stereocenters. The largest absolute Gasteiger partial charge is 0.497 e. The molecule has 0 saturated heterocycles. The van der Waals surface area contributed by atoms with Crippen molar-refractivity contribution in [1.82, 2.24) is 0 Å². The standard InChI is InChI=1S/C18H18N2O3/c1-12-10-17(21)19-15-8-3-4-9-16(15)20(12)18(22)13-6-5-7-14(11-13)23-2/h3-9,11-12H,10H2,1-2H3,(H,19,21)/t12-/m1/s1. The van der Waals surface area contributed by atoms with Crippen LogP contribution in [0.2, 0.25) is 0 Å². The fourth-order valence-electron chi connectivity index (χ4n) is 2.79. The molecule has 118 valence electrons. The van der Waals surface area contributed by atoms with Crippen LogP contribution in [0.15, 0.2) is 48.5 Å². The van der Waals surface area contributed by atoms with E-state index in [0.29, 0.717) is 22.7 Å². The summed E-state index contributed by atoms with van der Waals surface area (Å²) in [5, 5.41) is 2.85. The highest BCUT2D eigenvalue weighted by Crippen LogP contribution is 2.32. The molecule has 5 nitrogen and oxygen atoms in total. The van der Waals surface area contributed by atoms with E-state index in [1.165, 1.54) is 0 Å². The van der Waals surface area contributed by atoms with Gasteiger partial charge in [0.15, 0.2) is 0 Å². The number of anilines is 2. The predicted octanol–water partition coefficient (Wildman–Crippen LogP) is 3.07. The van der Waals surface area contributed by atoms with E-state index in [1.807, 2.05) is 25.1 Å². The Morgan fingerprint density at radius 2 is 2.00 bits per heavy atom. The Hall–Kier alpha value is -2.82. The van der Waals surface area contributed by atoms with Gasteiger partial charge < -0.3 is 15.0 Å². The molecule has 0 saturated carbocycles. The maximum atomic E-state index is 13.0. The van der Waals surface area contributed by atoms with Crippen LogP contribution in [0.4, 0.5) is 11.4 Å². The van der Waals surface area contributed by atoms with Crippen molar-refractivity contribution in [2.24, 2.45) is 0 Å². The Kier molecular flexibility index (Phi) is 4.02. The zero-order chi connectivity index (χ0) is 16.4. The summed E-state index contributed by atoms with van der Waals surface area (Å²) in [7, 11) is 1.57. The molecule has 0 fully saturated rings. The van der Waals surface area contributed by atoms with E-state index >= 15 is 0 Å². The first kappa shape index (κ1) is 15.1. The second kappa shape index (κ2) is 6.12. The molecule has 23 heavy (non-hydrogen) atoms. The van der Waals surface area contributed by atoms with E-state index in [2.05, 4.69) is 5.32 Å². The fraction of sp³-hybridized carbons (Fsp3) is 0.222. The SMILES string of the molecule is COc1cccc(C(=O)N2c3ccccc3NC(=O)C[C@H]2C)c1. The fourth-order valence-corrected chi connectivity index (χ4v) is 2.79. The maximum Gasteiger partial charge on any atom is 0.258 e. The van der Waals surface area contributed by atoms with Crippen molar-refractivity contribution in [1.29, 1.82) is 0 Å². The molecular formula is C18H18N2O3. The number of carbonyl (C=O) groups is 2. The number of methoxy groups -OCH3 is 1. The molecule has 0 bridgehead atoms. The summed E-state index contributed by atoms with van der Waals surface area (Å²) in [6.45, 7) is 1.87. The first-order valence-electron chi connectivity index (χ1n) is 7.46. The van der Waals surface area contributed by atoms with E-state index in [9.17, 15) is 9.59 Å². The number of nitrogens with zero attached hydrogens (tertiary/aromatic N) is 1. The maximum absolute atomic E-state index is 13.0. The van der Waals surface area contributed by atoms with E-state index < -0.39 is 0 Å². The van der Waals surface area contributed by atoms with Crippen LogP contribution in [0.25, 0.3) is 0 Å². The Morgan fingerprint density at radius 1 is 1.22 bits per heavy atom. The van der Waals surface area contributed by atoms with Crippen molar-refractivity contribution in [3.8, 4) is 5.75 Å². The number of benzene rings is 2. The second-order valence-electron chi connectivity index (χ2n) is 5.53. The van der Waals surface area contributed by atoms with Gasteiger partial charge in [-0.3, -0.25) is 9.59 Å². The van der Waals surface area contributed by atoms with Crippen molar-refractivity contribution < 1.29 is 14.3 Å². The Bertz CT molecular complexity index is 757. The number of para-hydroxylation sites is 2. The lowest BCUT2D eigenvalue weighted by Crippen LogP contribution is -2.39. The van der Waals surface area contributed by atoms with Crippen LogP contribution < -0.4 is 15.0 Å². The van der Waals surface area contributed by atoms with Crippen molar-refractivity contribution in [3.63, 3.8) is 0 Å². The van der Waals surface area contributed by atoms with Gasteiger partial charge in [-0.05, 0) is 37.3 Å². The molecule has 0 aliphatic carbocycles. The highest BCUT2D eigenvalue weighted by atomic mass is 16.5. The zero-order valence-corrected chi connectivity index (χ0v) is 13.1. The number of amides is 2. The minimum atomic E-state index is -0.239. The molecule has 0 spiro atoms. The van der Waals surface area contributed by atoms with Crippen molar-refractivity contribution in [3.05, 3.63) is 54.1 Å². The summed E-state index contributed by atoms with van der Waals surface area (Å²) in [4.78, 5) is 26.7. The summed E-state index contributed by atoms with van der Waals surface area (Å²) < 4.78 is 5.19. The quantitative estimate of drug-likeness (QED) is 0.927. The highest BCUT2D eigenvalue weighted by molar-refractivity contribution is 6.11. The summed E-state index contributed by atoms with van der Waals surface area (Å²) in [5.41, 5.74) is 1.89. The molecule has 3 rings (SSSR count). The number of fused-ring (bicyclic) bond motifs is 1. The molecule has 5 heteroatoms. The van der Waals surface area contributed by atoms with Gasteiger partial charge in [0.05, 0.1) is 18.5 Å². The third-order valence-electron chi connectivity index (χ3n) is 3.89. The van der Waals surface area contributed by atoms with Crippen LogP contribution >= 0.6 is 0 Å². The topological polar surface area (TPSA) is 58.6 Å². The van der Waals surface area contributed by atoms with Gasteiger partial charge in [0.2, 0.25) is 5.91 Å². The molecule has 1 atom stereocenters. The Balaban J connectivity index is 2.05. The van der Waals surface area contributed by atoms with Gasteiger partial charge in [0, 0.05) is 18.0 Å². The van der Waals surface area contributed by atoms with Crippen LogP contribution in [-0.4, -0.2) is 25.0 Å². The lowest BCUT2D eigenvalue weighted by molar-refractivity contribution is -0.116. The van der Waals surface area contributed by atoms with Gasteiger partial charge >= 0.3 is 0 Å². The minimum absolute atomic E-state index is 0.0918. The number of rotatable bonds is 2. The number of hydrogen-bond donors (Lipinski definition) is 1. The molecule has 0 aromatic heterocycles. The van der Waals surface area contributed by atoms with Crippen molar-refractivity contribution in [2.45, 2.75) is 19.4 Å². The van der Waals surface area contributed by atoms with Gasteiger partial charge in [-0.1, -0.05) is 18.2 Å². The minimum Gasteiger partial charge on any atom is -0.497 e. The smallest absolute Gasteiger partial charge is 0.258 e. The van der Waals surface area contributed by atoms with E-state index in [-0.39, 0.29) is 24.3 Å². The molecule has 2 aromatic rings.